The summed E-state index contributed by atoms with van der Waals surface area (Å²) in [6.45, 7) is 9.65. The third-order valence-corrected chi connectivity index (χ3v) is 3.73. The SMILES string of the molecule is CC(C)(C)O[C@H](/C=[N+](/[O-])Cc1ccccc1)[C@H](O)[C@H]1COC(C)(C)O1. The fraction of sp³-hybridized carbons (Fsp3) is 0.632. The van der Waals surface area contributed by atoms with Gasteiger partial charge in [-0.2, -0.15) is 0 Å². The van der Waals surface area contributed by atoms with Crippen LogP contribution in [-0.2, 0) is 20.8 Å². The van der Waals surface area contributed by atoms with Crippen LogP contribution in [0.15, 0.2) is 30.3 Å². The van der Waals surface area contributed by atoms with E-state index < -0.39 is 29.7 Å². The number of ether oxygens (including phenoxy) is 3. The molecule has 1 fully saturated rings. The lowest BCUT2D eigenvalue weighted by molar-refractivity contribution is -0.474. The van der Waals surface area contributed by atoms with E-state index in [1.807, 2.05) is 51.1 Å². The second-order valence-electron chi connectivity index (χ2n) is 7.76. The molecule has 140 valence electrons. The molecule has 1 aromatic rings. The average Bonchev–Trinajstić information content (AvgIpc) is 2.85. The van der Waals surface area contributed by atoms with Gasteiger partial charge in [0.1, 0.15) is 12.2 Å². The molecule has 25 heavy (non-hydrogen) atoms. The zero-order valence-electron chi connectivity index (χ0n) is 15.6. The molecule has 1 aromatic carbocycles. The molecule has 3 atom stereocenters. The minimum Gasteiger partial charge on any atom is -0.624 e. The summed E-state index contributed by atoms with van der Waals surface area (Å²) in [6, 6.07) is 9.42. The van der Waals surface area contributed by atoms with E-state index in [1.165, 1.54) is 6.21 Å². The Morgan fingerprint density at radius 1 is 1.36 bits per heavy atom. The lowest BCUT2D eigenvalue weighted by Crippen LogP contribution is -2.46. The molecule has 1 heterocycles. The second kappa shape index (κ2) is 7.83. The minimum absolute atomic E-state index is 0.186. The maximum absolute atomic E-state index is 12.4. The Morgan fingerprint density at radius 3 is 2.52 bits per heavy atom. The highest BCUT2D eigenvalue weighted by Crippen LogP contribution is 2.26. The van der Waals surface area contributed by atoms with E-state index in [2.05, 4.69) is 0 Å². The molecule has 0 radical (unpaired) electrons. The number of hydroxylamine groups is 1. The van der Waals surface area contributed by atoms with Crippen molar-refractivity contribution < 1.29 is 24.1 Å². The van der Waals surface area contributed by atoms with E-state index in [0.717, 1.165) is 10.3 Å². The first-order valence-electron chi connectivity index (χ1n) is 8.56. The largest absolute Gasteiger partial charge is 0.624 e. The number of hydrogen-bond donors (Lipinski definition) is 1. The van der Waals surface area contributed by atoms with Crippen LogP contribution >= 0.6 is 0 Å². The van der Waals surface area contributed by atoms with Gasteiger partial charge in [0.05, 0.1) is 12.2 Å². The van der Waals surface area contributed by atoms with Gasteiger partial charge in [0.15, 0.2) is 24.7 Å². The summed E-state index contributed by atoms with van der Waals surface area (Å²) in [5.41, 5.74) is 0.365. The van der Waals surface area contributed by atoms with Gasteiger partial charge >= 0.3 is 0 Å². The fourth-order valence-electron chi connectivity index (χ4n) is 2.67. The average molecular weight is 351 g/mol. The Kier molecular flexibility index (Phi) is 6.21. The van der Waals surface area contributed by atoms with Gasteiger partial charge < -0.3 is 24.5 Å². The molecular formula is C19H29NO5. The lowest BCUT2D eigenvalue weighted by Gasteiger charge is -2.30. The van der Waals surface area contributed by atoms with Gasteiger partial charge in [-0.3, -0.25) is 0 Å². The Hall–Kier alpha value is -1.47. The highest BCUT2D eigenvalue weighted by atomic mass is 16.7. The molecule has 1 N–H and O–H groups in total. The predicted molar refractivity (Wildman–Crippen MR) is 95.4 cm³/mol. The number of aliphatic hydroxyl groups excluding tert-OH is 1. The number of rotatable bonds is 6. The third-order valence-electron chi connectivity index (χ3n) is 3.73. The van der Waals surface area contributed by atoms with Gasteiger partial charge in [0, 0.05) is 5.56 Å². The van der Waals surface area contributed by atoms with Crippen LogP contribution < -0.4 is 0 Å². The molecule has 0 bridgehead atoms. The Bertz CT molecular complexity index is 579. The molecule has 1 aliphatic rings. The van der Waals surface area contributed by atoms with Crippen molar-refractivity contribution in [1.82, 2.24) is 0 Å². The topological polar surface area (TPSA) is 74.0 Å². The summed E-state index contributed by atoms with van der Waals surface area (Å²) in [5, 5.41) is 23.0. The van der Waals surface area contributed by atoms with E-state index in [-0.39, 0.29) is 13.2 Å². The monoisotopic (exact) mass is 351 g/mol. The van der Waals surface area contributed by atoms with Crippen LogP contribution in [0.25, 0.3) is 0 Å². The molecule has 6 nitrogen and oxygen atoms in total. The molecule has 0 aliphatic carbocycles. The fourth-order valence-corrected chi connectivity index (χ4v) is 2.67. The molecule has 0 spiro atoms. The second-order valence-corrected chi connectivity index (χ2v) is 7.76. The zero-order valence-corrected chi connectivity index (χ0v) is 15.6. The van der Waals surface area contributed by atoms with Crippen LogP contribution in [0.2, 0.25) is 0 Å². The lowest BCUT2D eigenvalue weighted by atomic mass is 10.1. The highest BCUT2D eigenvalue weighted by molar-refractivity contribution is 5.59. The summed E-state index contributed by atoms with van der Waals surface area (Å²) < 4.78 is 17.9. The number of hydrogen-bond acceptors (Lipinski definition) is 5. The molecular weight excluding hydrogens is 322 g/mol. The van der Waals surface area contributed by atoms with Gasteiger partial charge in [0.25, 0.3) is 0 Å². The molecule has 2 rings (SSSR count). The maximum Gasteiger partial charge on any atom is 0.183 e. The first-order valence-corrected chi connectivity index (χ1v) is 8.56. The molecule has 1 aliphatic heterocycles. The van der Waals surface area contributed by atoms with Crippen LogP contribution in [-0.4, -0.2) is 52.4 Å². The van der Waals surface area contributed by atoms with Crippen molar-refractivity contribution in [1.29, 1.82) is 0 Å². The van der Waals surface area contributed by atoms with Gasteiger partial charge in [0.2, 0.25) is 0 Å². The Morgan fingerprint density at radius 2 is 2.00 bits per heavy atom. The minimum atomic E-state index is -1.01. The molecule has 6 heteroatoms. The van der Waals surface area contributed by atoms with Crippen LogP contribution in [0.1, 0.15) is 40.2 Å². The number of benzene rings is 1. The van der Waals surface area contributed by atoms with Crippen molar-refractivity contribution in [2.75, 3.05) is 6.61 Å². The van der Waals surface area contributed by atoms with Gasteiger partial charge in [-0.15, -0.1) is 0 Å². The van der Waals surface area contributed by atoms with Crippen molar-refractivity contribution in [2.45, 2.75) is 70.9 Å². The van der Waals surface area contributed by atoms with Gasteiger partial charge in [-0.25, -0.2) is 4.74 Å². The van der Waals surface area contributed by atoms with E-state index in [9.17, 15) is 10.3 Å². The summed E-state index contributed by atoms with van der Waals surface area (Å²) in [4.78, 5) is 0. The van der Waals surface area contributed by atoms with E-state index >= 15 is 0 Å². The van der Waals surface area contributed by atoms with Gasteiger partial charge in [-0.1, -0.05) is 30.3 Å². The standard InChI is InChI=1S/C19H29NO5/c1-18(2,3)24-15(17(21)16-13-23-19(4,5)25-16)12-20(22)11-14-9-7-6-8-10-14/h6-10,12,15-17,21H,11,13H2,1-5H3/b20-12+/t15-,16-,17+/m1/s1. The first kappa shape index (κ1) is 19.8. The van der Waals surface area contributed by atoms with Gasteiger partial charge in [-0.05, 0) is 34.6 Å². The van der Waals surface area contributed by atoms with Crippen LogP contribution in [0.4, 0.5) is 0 Å². The summed E-state index contributed by atoms with van der Waals surface area (Å²) in [7, 11) is 0. The predicted octanol–water partition coefficient (Wildman–Crippen LogP) is 2.46. The van der Waals surface area contributed by atoms with E-state index in [4.69, 9.17) is 14.2 Å². The smallest absolute Gasteiger partial charge is 0.183 e. The van der Waals surface area contributed by atoms with E-state index in [1.54, 1.807) is 13.8 Å². The molecule has 0 unspecified atom stereocenters. The van der Waals surface area contributed by atoms with Crippen molar-refractivity contribution in [3.63, 3.8) is 0 Å². The summed E-state index contributed by atoms with van der Waals surface area (Å²) >= 11 is 0. The Labute approximate surface area is 149 Å². The highest BCUT2D eigenvalue weighted by Gasteiger charge is 2.41. The molecule has 0 saturated carbocycles. The third kappa shape index (κ3) is 6.40. The molecule has 1 saturated heterocycles. The number of nitrogens with zero attached hydrogens (tertiary/aromatic N) is 1. The first-order chi connectivity index (χ1) is 11.6. The Balaban J connectivity index is 2.13. The van der Waals surface area contributed by atoms with Crippen LogP contribution in [0, 0.1) is 5.21 Å². The summed E-state index contributed by atoms with van der Waals surface area (Å²) in [6.07, 6.45) is -0.988. The van der Waals surface area contributed by atoms with Crippen LogP contribution in [0.5, 0.6) is 0 Å². The van der Waals surface area contributed by atoms with Crippen molar-refractivity contribution in [2.24, 2.45) is 0 Å². The van der Waals surface area contributed by atoms with Crippen LogP contribution in [0.3, 0.4) is 0 Å². The normalized spacial score (nSPS) is 23.4. The maximum atomic E-state index is 12.4. The van der Waals surface area contributed by atoms with Crippen molar-refractivity contribution in [3.8, 4) is 0 Å². The molecule has 0 amide bonds. The zero-order chi connectivity index (χ0) is 18.7. The number of aliphatic hydroxyl groups is 1. The quantitative estimate of drug-likeness (QED) is 0.369. The van der Waals surface area contributed by atoms with E-state index in [0.29, 0.717) is 0 Å². The molecule has 0 aromatic heterocycles. The van der Waals surface area contributed by atoms with Crippen molar-refractivity contribution >= 4 is 6.21 Å². The summed E-state index contributed by atoms with van der Waals surface area (Å²) in [5.74, 6) is -0.751. The van der Waals surface area contributed by atoms with Crippen molar-refractivity contribution in [3.05, 3.63) is 41.1 Å².